The monoisotopic (exact) mass is 229 g/mol. The minimum Gasteiger partial charge on any atom is -0.375 e. The quantitative estimate of drug-likeness (QED) is 0.802. The van der Waals surface area contributed by atoms with Crippen LogP contribution in [0.3, 0.4) is 0 Å². The first-order valence-corrected chi connectivity index (χ1v) is 7.26. The van der Waals surface area contributed by atoms with Gasteiger partial charge in [-0.3, -0.25) is 0 Å². The van der Waals surface area contributed by atoms with Gasteiger partial charge in [-0.25, -0.2) is 0 Å². The number of ether oxygens (including phenoxy) is 1. The van der Waals surface area contributed by atoms with Gasteiger partial charge in [-0.1, -0.05) is 0 Å². The van der Waals surface area contributed by atoms with Crippen LogP contribution in [0.25, 0.3) is 0 Å². The molecule has 0 saturated carbocycles. The third kappa shape index (κ3) is 3.65. The van der Waals surface area contributed by atoms with E-state index in [1.54, 1.807) is 0 Å². The van der Waals surface area contributed by atoms with Gasteiger partial charge in [0.15, 0.2) is 0 Å². The van der Waals surface area contributed by atoms with Crippen LogP contribution in [0.1, 0.15) is 33.1 Å². The molecule has 2 nitrogen and oxygen atoms in total. The maximum Gasteiger partial charge on any atom is 0.0641 e. The van der Waals surface area contributed by atoms with Crippen molar-refractivity contribution < 1.29 is 4.74 Å². The fraction of sp³-hybridized carbons (Fsp3) is 1.00. The Kier molecular flexibility index (Phi) is 3.97. The Morgan fingerprint density at radius 3 is 2.93 bits per heavy atom. The maximum atomic E-state index is 5.72. The van der Waals surface area contributed by atoms with Crippen LogP contribution in [0.5, 0.6) is 0 Å². The summed E-state index contributed by atoms with van der Waals surface area (Å²) < 4.78 is 5.72. The van der Waals surface area contributed by atoms with Gasteiger partial charge in [0.1, 0.15) is 0 Å². The summed E-state index contributed by atoms with van der Waals surface area (Å²) in [6, 6.07) is 0.680. The summed E-state index contributed by atoms with van der Waals surface area (Å²) in [5, 5.41) is 3.73. The van der Waals surface area contributed by atoms with Crippen LogP contribution in [-0.2, 0) is 4.74 Å². The Balaban J connectivity index is 1.69. The molecule has 0 aromatic heterocycles. The highest BCUT2D eigenvalue weighted by Gasteiger charge is 2.29. The van der Waals surface area contributed by atoms with Gasteiger partial charge in [-0.15, -0.1) is 0 Å². The molecule has 0 aromatic rings. The summed E-state index contributed by atoms with van der Waals surface area (Å²) in [5.74, 6) is 3.64. The van der Waals surface area contributed by atoms with Crippen molar-refractivity contribution in [2.45, 2.75) is 44.8 Å². The predicted octanol–water partition coefficient (Wildman–Crippen LogP) is 2.29. The third-order valence-corrected chi connectivity index (χ3v) is 4.65. The molecule has 2 fully saturated rings. The van der Waals surface area contributed by atoms with E-state index >= 15 is 0 Å². The van der Waals surface area contributed by atoms with Gasteiger partial charge in [-0.05, 0) is 57.1 Å². The fourth-order valence-electron chi connectivity index (χ4n) is 2.48. The SMILES string of the molecule is CC1(C)CC(NCC2CCSC2)CCO1. The van der Waals surface area contributed by atoms with Gasteiger partial charge in [0, 0.05) is 12.6 Å². The number of nitrogens with one attached hydrogen (secondary N) is 1. The van der Waals surface area contributed by atoms with Crippen molar-refractivity contribution in [2.75, 3.05) is 24.7 Å². The maximum absolute atomic E-state index is 5.72. The normalized spacial score (nSPS) is 35.6. The molecule has 0 radical (unpaired) electrons. The molecule has 0 aromatic carbocycles. The molecule has 2 heterocycles. The Labute approximate surface area is 97.5 Å². The second kappa shape index (κ2) is 5.07. The topological polar surface area (TPSA) is 21.3 Å². The van der Waals surface area contributed by atoms with Crippen molar-refractivity contribution >= 4 is 11.8 Å². The Morgan fingerprint density at radius 2 is 2.27 bits per heavy atom. The molecule has 2 saturated heterocycles. The van der Waals surface area contributed by atoms with Gasteiger partial charge in [0.2, 0.25) is 0 Å². The number of hydrogen-bond donors (Lipinski definition) is 1. The lowest BCUT2D eigenvalue weighted by Gasteiger charge is -2.36. The molecule has 0 bridgehead atoms. The summed E-state index contributed by atoms with van der Waals surface area (Å²) in [7, 11) is 0. The summed E-state index contributed by atoms with van der Waals surface area (Å²) in [4.78, 5) is 0. The van der Waals surface area contributed by atoms with Crippen molar-refractivity contribution in [1.29, 1.82) is 0 Å². The molecule has 2 aliphatic heterocycles. The molecule has 15 heavy (non-hydrogen) atoms. The molecule has 1 N–H and O–H groups in total. The number of hydrogen-bond acceptors (Lipinski definition) is 3. The molecule has 2 rings (SSSR count). The van der Waals surface area contributed by atoms with E-state index in [-0.39, 0.29) is 5.60 Å². The lowest BCUT2D eigenvalue weighted by molar-refractivity contribution is -0.0630. The summed E-state index contributed by atoms with van der Waals surface area (Å²) in [6.07, 6.45) is 3.75. The highest BCUT2D eigenvalue weighted by molar-refractivity contribution is 7.99. The van der Waals surface area contributed by atoms with Gasteiger partial charge < -0.3 is 10.1 Å². The first-order chi connectivity index (χ1) is 7.16. The predicted molar refractivity (Wildman–Crippen MR) is 66.5 cm³/mol. The molecule has 2 atom stereocenters. The van der Waals surface area contributed by atoms with E-state index in [1.165, 1.54) is 30.9 Å². The van der Waals surface area contributed by atoms with Gasteiger partial charge >= 0.3 is 0 Å². The van der Waals surface area contributed by atoms with Crippen LogP contribution >= 0.6 is 11.8 Å². The molecule has 3 heteroatoms. The van der Waals surface area contributed by atoms with Crippen molar-refractivity contribution in [3.05, 3.63) is 0 Å². The standard InChI is InChI=1S/C12H23NOS/c1-12(2)7-11(3-5-14-12)13-8-10-4-6-15-9-10/h10-11,13H,3-9H2,1-2H3. The fourth-order valence-corrected chi connectivity index (χ4v) is 3.77. The zero-order chi connectivity index (χ0) is 10.7. The van der Waals surface area contributed by atoms with Crippen LogP contribution in [0.4, 0.5) is 0 Å². The molecule has 2 unspecified atom stereocenters. The van der Waals surface area contributed by atoms with Crippen LogP contribution in [0.15, 0.2) is 0 Å². The first-order valence-electron chi connectivity index (χ1n) is 6.11. The van der Waals surface area contributed by atoms with E-state index in [0.29, 0.717) is 6.04 Å². The molecule has 0 amide bonds. The van der Waals surface area contributed by atoms with Gasteiger partial charge in [-0.2, -0.15) is 11.8 Å². The van der Waals surface area contributed by atoms with E-state index in [4.69, 9.17) is 4.74 Å². The minimum atomic E-state index is 0.0837. The number of rotatable bonds is 3. The average molecular weight is 229 g/mol. The van der Waals surface area contributed by atoms with E-state index in [2.05, 4.69) is 30.9 Å². The van der Waals surface area contributed by atoms with E-state index in [9.17, 15) is 0 Å². The molecule has 88 valence electrons. The Bertz CT molecular complexity index is 202. The van der Waals surface area contributed by atoms with E-state index in [0.717, 1.165) is 18.9 Å². The molecular weight excluding hydrogens is 206 g/mol. The zero-order valence-corrected chi connectivity index (χ0v) is 10.7. The van der Waals surface area contributed by atoms with Crippen LogP contribution in [-0.4, -0.2) is 36.3 Å². The smallest absolute Gasteiger partial charge is 0.0641 e. The molecule has 0 aliphatic carbocycles. The number of thioether (sulfide) groups is 1. The van der Waals surface area contributed by atoms with E-state index < -0.39 is 0 Å². The Hall–Kier alpha value is 0.270. The molecule has 0 spiro atoms. The Morgan fingerprint density at radius 1 is 1.40 bits per heavy atom. The molecular formula is C12H23NOS. The van der Waals surface area contributed by atoms with Crippen LogP contribution in [0, 0.1) is 5.92 Å². The average Bonchev–Trinajstić information content (AvgIpc) is 2.65. The lowest BCUT2D eigenvalue weighted by Crippen LogP contribution is -2.45. The van der Waals surface area contributed by atoms with Gasteiger partial charge in [0.25, 0.3) is 0 Å². The van der Waals surface area contributed by atoms with Crippen molar-refractivity contribution in [3.8, 4) is 0 Å². The van der Waals surface area contributed by atoms with Crippen molar-refractivity contribution in [2.24, 2.45) is 5.92 Å². The largest absolute Gasteiger partial charge is 0.375 e. The summed E-state index contributed by atoms with van der Waals surface area (Å²) >= 11 is 2.10. The van der Waals surface area contributed by atoms with Gasteiger partial charge in [0.05, 0.1) is 5.60 Å². The highest BCUT2D eigenvalue weighted by atomic mass is 32.2. The lowest BCUT2D eigenvalue weighted by atomic mass is 9.93. The second-order valence-electron chi connectivity index (χ2n) is 5.44. The highest BCUT2D eigenvalue weighted by Crippen LogP contribution is 2.26. The van der Waals surface area contributed by atoms with E-state index in [1.807, 2.05) is 0 Å². The molecule has 2 aliphatic rings. The summed E-state index contributed by atoms with van der Waals surface area (Å²) in [5.41, 5.74) is 0.0837. The summed E-state index contributed by atoms with van der Waals surface area (Å²) in [6.45, 7) is 6.54. The third-order valence-electron chi connectivity index (χ3n) is 3.42. The zero-order valence-electron chi connectivity index (χ0n) is 9.92. The van der Waals surface area contributed by atoms with Crippen molar-refractivity contribution in [3.63, 3.8) is 0 Å². The first kappa shape index (κ1) is 11.7. The van der Waals surface area contributed by atoms with Crippen molar-refractivity contribution in [1.82, 2.24) is 5.32 Å². The minimum absolute atomic E-state index is 0.0837. The second-order valence-corrected chi connectivity index (χ2v) is 6.59. The van der Waals surface area contributed by atoms with Crippen LogP contribution in [0.2, 0.25) is 0 Å². The van der Waals surface area contributed by atoms with Crippen LogP contribution < -0.4 is 5.32 Å².